The Bertz CT molecular complexity index is 687. The van der Waals surface area contributed by atoms with Crippen molar-refractivity contribution in [2.24, 2.45) is 0 Å². The van der Waals surface area contributed by atoms with Crippen molar-refractivity contribution in [2.45, 2.75) is 32.1 Å². The summed E-state index contributed by atoms with van der Waals surface area (Å²) in [6.45, 7) is 3.55. The topological polar surface area (TPSA) is 33.2 Å². The molecule has 1 aliphatic rings. The highest BCUT2D eigenvalue weighted by Crippen LogP contribution is 2.29. The fourth-order valence-electron chi connectivity index (χ4n) is 3.21. The van der Waals surface area contributed by atoms with Crippen LogP contribution in [0.25, 0.3) is 0 Å². The number of rotatable bonds is 2. The molecule has 1 amide bonds. The van der Waals surface area contributed by atoms with Crippen LogP contribution in [-0.4, -0.2) is 28.9 Å². The van der Waals surface area contributed by atoms with E-state index in [9.17, 15) is 4.79 Å². The lowest BCUT2D eigenvalue weighted by Gasteiger charge is -2.21. The molecule has 2 aromatic rings. The first kappa shape index (κ1) is 16.2. The van der Waals surface area contributed by atoms with Crippen molar-refractivity contribution >= 4 is 21.8 Å². The minimum absolute atomic E-state index is 0.0816. The first-order valence-electron chi connectivity index (χ1n) is 8.12. The molecule has 0 radical (unpaired) electrons. The maximum Gasteiger partial charge on any atom is 0.256 e. The molecule has 0 spiro atoms. The molecule has 3 rings (SSSR count). The molecule has 1 unspecified atom stereocenters. The van der Waals surface area contributed by atoms with E-state index in [-0.39, 0.29) is 5.91 Å². The Kier molecular flexibility index (Phi) is 5.11. The van der Waals surface area contributed by atoms with Gasteiger partial charge in [-0.3, -0.25) is 4.79 Å². The first-order chi connectivity index (χ1) is 11.1. The fourth-order valence-corrected chi connectivity index (χ4v) is 3.79. The van der Waals surface area contributed by atoms with Gasteiger partial charge in [0.1, 0.15) is 4.60 Å². The van der Waals surface area contributed by atoms with Crippen molar-refractivity contribution in [1.82, 2.24) is 9.88 Å². The summed E-state index contributed by atoms with van der Waals surface area (Å²) >= 11 is 3.42. The molecular formula is C19H21BrN2O. The van der Waals surface area contributed by atoms with Crippen molar-refractivity contribution in [3.05, 3.63) is 63.9 Å². The molecule has 3 nitrogen and oxygen atoms in total. The summed E-state index contributed by atoms with van der Waals surface area (Å²) in [5.74, 6) is 0.631. The van der Waals surface area contributed by atoms with Gasteiger partial charge in [-0.05, 0) is 65.7 Å². The highest BCUT2D eigenvalue weighted by Gasteiger charge is 2.23. The fraction of sp³-hybridized carbons (Fsp3) is 0.368. The van der Waals surface area contributed by atoms with E-state index in [2.05, 4.69) is 51.2 Å². The molecule has 1 saturated heterocycles. The first-order valence-corrected chi connectivity index (χ1v) is 8.92. The summed E-state index contributed by atoms with van der Waals surface area (Å²) < 4.78 is 0.645. The van der Waals surface area contributed by atoms with Gasteiger partial charge in [-0.2, -0.15) is 0 Å². The van der Waals surface area contributed by atoms with Gasteiger partial charge in [-0.1, -0.05) is 30.3 Å². The van der Waals surface area contributed by atoms with E-state index in [1.54, 1.807) is 0 Å². The molecular weight excluding hydrogens is 352 g/mol. The number of pyridine rings is 1. The van der Waals surface area contributed by atoms with Crippen LogP contribution in [0.2, 0.25) is 0 Å². The molecule has 1 aliphatic heterocycles. The summed E-state index contributed by atoms with van der Waals surface area (Å²) in [4.78, 5) is 19.1. The number of carbonyl (C=O) groups excluding carboxylic acids is 1. The van der Waals surface area contributed by atoms with Gasteiger partial charge in [-0.25, -0.2) is 4.98 Å². The number of hydrogen-bond donors (Lipinski definition) is 0. The maximum absolute atomic E-state index is 12.8. The Labute approximate surface area is 145 Å². The summed E-state index contributed by atoms with van der Waals surface area (Å²) in [6.07, 6.45) is 3.20. The molecule has 0 N–H and O–H groups in total. The summed E-state index contributed by atoms with van der Waals surface area (Å²) in [5.41, 5.74) is 2.96. The summed E-state index contributed by atoms with van der Waals surface area (Å²) in [6, 6.07) is 14.4. The van der Waals surface area contributed by atoms with Crippen molar-refractivity contribution < 1.29 is 4.79 Å². The lowest BCUT2D eigenvalue weighted by Crippen LogP contribution is -2.32. The normalized spacial score (nSPS) is 18.5. The predicted octanol–water partition coefficient (Wildman–Crippen LogP) is 4.56. The summed E-state index contributed by atoms with van der Waals surface area (Å²) in [7, 11) is 0. The van der Waals surface area contributed by atoms with E-state index >= 15 is 0 Å². The van der Waals surface area contributed by atoms with E-state index in [0.717, 1.165) is 38.0 Å². The molecule has 2 heterocycles. The van der Waals surface area contributed by atoms with Crippen LogP contribution in [0, 0.1) is 6.92 Å². The Morgan fingerprint density at radius 2 is 1.91 bits per heavy atom. The van der Waals surface area contributed by atoms with Crippen LogP contribution in [0.4, 0.5) is 0 Å². The van der Waals surface area contributed by atoms with E-state index in [1.807, 2.05) is 24.0 Å². The van der Waals surface area contributed by atoms with Gasteiger partial charge >= 0.3 is 0 Å². The molecule has 23 heavy (non-hydrogen) atoms. The third kappa shape index (κ3) is 3.81. The average molecular weight is 373 g/mol. The van der Waals surface area contributed by atoms with Crippen molar-refractivity contribution in [2.75, 3.05) is 13.1 Å². The number of benzene rings is 1. The second-order valence-corrected chi connectivity index (χ2v) is 6.87. The second-order valence-electron chi connectivity index (χ2n) is 6.12. The highest BCUT2D eigenvalue weighted by atomic mass is 79.9. The number of carbonyl (C=O) groups is 1. The molecule has 120 valence electrons. The molecule has 1 fully saturated rings. The van der Waals surface area contributed by atoms with Crippen LogP contribution in [-0.2, 0) is 0 Å². The number of likely N-dealkylation sites (tertiary alicyclic amines) is 1. The quantitative estimate of drug-likeness (QED) is 0.723. The van der Waals surface area contributed by atoms with Crippen LogP contribution in [0.5, 0.6) is 0 Å². The number of aryl methyl sites for hydroxylation is 1. The maximum atomic E-state index is 12.8. The van der Waals surface area contributed by atoms with Crippen LogP contribution in [0.3, 0.4) is 0 Å². The van der Waals surface area contributed by atoms with Gasteiger partial charge in [0.25, 0.3) is 5.91 Å². The number of nitrogens with zero attached hydrogens (tertiary/aromatic N) is 2. The zero-order valence-corrected chi connectivity index (χ0v) is 14.9. The summed E-state index contributed by atoms with van der Waals surface area (Å²) in [5, 5.41) is 0. The van der Waals surface area contributed by atoms with E-state index in [1.165, 1.54) is 5.56 Å². The van der Waals surface area contributed by atoms with Crippen molar-refractivity contribution in [3.63, 3.8) is 0 Å². The average Bonchev–Trinajstić information content (AvgIpc) is 2.81. The van der Waals surface area contributed by atoms with E-state index in [4.69, 9.17) is 0 Å². The largest absolute Gasteiger partial charge is 0.339 e. The van der Waals surface area contributed by atoms with Gasteiger partial charge < -0.3 is 4.90 Å². The minimum Gasteiger partial charge on any atom is -0.339 e. The van der Waals surface area contributed by atoms with E-state index < -0.39 is 0 Å². The Morgan fingerprint density at radius 1 is 1.13 bits per heavy atom. The number of aromatic nitrogens is 1. The monoisotopic (exact) mass is 372 g/mol. The van der Waals surface area contributed by atoms with Gasteiger partial charge in [0.15, 0.2) is 0 Å². The lowest BCUT2D eigenvalue weighted by atomic mass is 9.92. The van der Waals surface area contributed by atoms with Crippen LogP contribution < -0.4 is 0 Å². The number of halogens is 1. The highest BCUT2D eigenvalue weighted by molar-refractivity contribution is 9.10. The number of amides is 1. The SMILES string of the molecule is Cc1ccc(C(=O)N2CCCC(c3ccccc3)CC2)c(Br)n1. The molecule has 4 heteroatoms. The molecule has 1 atom stereocenters. The van der Waals surface area contributed by atoms with Crippen LogP contribution >= 0.6 is 15.9 Å². The molecule has 0 bridgehead atoms. The second kappa shape index (κ2) is 7.26. The Balaban J connectivity index is 1.71. The van der Waals surface area contributed by atoms with Gasteiger partial charge in [-0.15, -0.1) is 0 Å². The lowest BCUT2D eigenvalue weighted by molar-refractivity contribution is 0.0759. The molecule has 1 aromatic heterocycles. The molecule has 0 aliphatic carbocycles. The number of hydrogen-bond acceptors (Lipinski definition) is 2. The zero-order valence-electron chi connectivity index (χ0n) is 13.3. The van der Waals surface area contributed by atoms with Crippen LogP contribution in [0.15, 0.2) is 47.1 Å². The van der Waals surface area contributed by atoms with Gasteiger partial charge in [0, 0.05) is 18.8 Å². The van der Waals surface area contributed by atoms with E-state index in [0.29, 0.717) is 16.1 Å². The zero-order chi connectivity index (χ0) is 16.2. The smallest absolute Gasteiger partial charge is 0.256 e. The molecule has 0 saturated carbocycles. The van der Waals surface area contributed by atoms with Crippen molar-refractivity contribution in [3.8, 4) is 0 Å². The minimum atomic E-state index is 0.0816. The van der Waals surface area contributed by atoms with Crippen LogP contribution in [0.1, 0.15) is 46.8 Å². The molecule has 1 aromatic carbocycles. The Morgan fingerprint density at radius 3 is 2.65 bits per heavy atom. The Hall–Kier alpha value is -1.68. The third-order valence-corrected chi connectivity index (χ3v) is 5.11. The standard InChI is InChI=1S/C19H21BrN2O/c1-14-9-10-17(18(20)21-14)19(23)22-12-5-8-16(11-13-22)15-6-3-2-4-7-15/h2-4,6-7,9-10,16H,5,8,11-13H2,1H3. The van der Waals surface area contributed by atoms with Gasteiger partial charge in [0.05, 0.1) is 5.56 Å². The predicted molar refractivity (Wildman–Crippen MR) is 95.6 cm³/mol. The third-order valence-electron chi connectivity index (χ3n) is 4.50. The van der Waals surface area contributed by atoms with Crippen molar-refractivity contribution in [1.29, 1.82) is 0 Å². The van der Waals surface area contributed by atoms with Gasteiger partial charge in [0.2, 0.25) is 0 Å².